The molecule has 24 heavy (non-hydrogen) atoms. The predicted molar refractivity (Wildman–Crippen MR) is 101 cm³/mol. The van der Waals surface area contributed by atoms with E-state index in [1.807, 2.05) is 23.6 Å². The first-order valence-corrected chi connectivity index (χ1v) is 11.6. The second-order valence-corrected chi connectivity index (χ2v) is 11.7. The van der Waals surface area contributed by atoms with Crippen molar-refractivity contribution in [2.75, 3.05) is 6.61 Å². The Balaban J connectivity index is 2.96. The van der Waals surface area contributed by atoms with E-state index in [0.717, 1.165) is 10.7 Å². The van der Waals surface area contributed by atoms with Crippen LogP contribution < -0.4 is 10.6 Å². The summed E-state index contributed by atoms with van der Waals surface area (Å²) in [5.41, 5.74) is 0.655. The normalized spacial score (nSPS) is 11.3. The summed E-state index contributed by atoms with van der Waals surface area (Å²) in [4.78, 5) is 25.3. The number of hydrogen-bond donors (Lipinski definition) is 0. The second kappa shape index (κ2) is 6.66. The number of rotatable bonds is 4. The van der Waals surface area contributed by atoms with Gasteiger partial charge in [-0.1, -0.05) is 36.8 Å². The number of ether oxygens (including phenoxy) is 1. The van der Waals surface area contributed by atoms with E-state index in [4.69, 9.17) is 11.2 Å². The van der Waals surface area contributed by atoms with Crippen LogP contribution in [-0.2, 0) is 11.3 Å². The lowest BCUT2D eigenvalue weighted by atomic mass is 10.1. The Labute approximate surface area is 143 Å². The number of nitrogens with zero attached hydrogens (tertiary/aromatic N) is 1. The average Bonchev–Trinajstić information content (AvgIpc) is 2.53. The van der Waals surface area contributed by atoms with Gasteiger partial charge >= 0.3 is 5.97 Å². The Hall–Kier alpha value is -2.32. The number of carbonyl (C=O) groups is 1. The third-order valence-electron chi connectivity index (χ3n) is 4.06. The smallest absolute Gasteiger partial charge is 0.344 e. The fraction of sp³-hybridized carbons (Fsp3) is 0.368. The minimum Gasteiger partial charge on any atom is -0.462 e. The molecule has 1 heterocycles. The summed E-state index contributed by atoms with van der Waals surface area (Å²) < 4.78 is 6.89. The molecule has 0 fully saturated rings. The maximum atomic E-state index is 13.0. The number of fused-ring (bicyclic) bond motifs is 1. The molecule has 0 spiro atoms. The van der Waals surface area contributed by atoms with Crippen LogP contribution in [0.1, 0.15) is 29.9 Å². The molecule has 0 saturated heterocycles. The molecule has 1 aromatic carbocycles. The van der Waals surface area contributed by atoms with Crippen molar-refractivity contribution >= 4 is 30.1 Å². The Morgan fingerprint density at radius 1 is 1.29 bits per heavy atom. The predicted octanol–water partition coefficient (Wildman–Crippen LogP) is 2.72. The molecule has 4 nitrogen and oxygen atoms in total. The minimum absolute atomic E-state index is 0.0403. The summed E-state index contributed by atoms with van der Waals surface area (Å²) in [6, 6.07) is 5.91. The number of terminal acetylenes is 1. The monoisotopic (exact) mass is 341 g/mol. The Morgan fingerprint density at radius 2 is 1.96 bits per heavy atom. The van der Waals surface area contributed by atoms with Gasteiger partial charge in [0.2, 0.25) is 5.43 Å². The number of aryl methyl sites for hydroxylation is 1. The van der Waals surface area contributed by atoms with E-state index in [1.165, 1.54) is 0 Å². The summed E-state index contributed by atoms with van der Waals surface area (Å²) in [5, 5.41) is 1.69. The van der Waals surface area contributed by atoms with Crippen LogP contribution in [0.3, 0.4) is 0 Å². The summed E-state index contributed by atoms with van der Waals surface area (Å²) in [5.74, 6) is 1.85. The van der Waals surface area contributed by atoms with Gasteiger partial charge in [0, 0.05) is 11.9 Å². The van der Waals surface area contributed by atoms with Crippen molar-refractivity contribution in [2.24, 2.45) is 0 Å². The quantitative estimate of drug-likeness (QED) is 0.488. The van der Waals surface area contributed by atoms with Crippen molar-refractivity contribution in [1.82, 2.24) is 4.57 Å². The van der Waals surface area contributed by atoms with Gasteiger partial charge in [-0.15, -0.1) is 6.42 Å². The molecule has 0 amide bonds. The summed E-state index contributed by atoms with van der Waals surface area (Å²) in [6.07, 6.45) is 5.61. The van der Waals surface area contributed by atoms with Gasteiger partial charge in [-0.05, 0) is 26.0 Å². The summed E-state index contributed by atoms with van der Waals surface area (Å²) in [6.45, 7) is 11.1. The molecule has 2 aromatic rings. The van der Waals surface area contributed by atoms with E-state index < -0.39 is 14.0 Å². The van der Waals surface area contributed by atoms with E-state index in [1.54, 1.807) is 6.92 Å². The fourth-order valence-corrected chi connectivity index (χ4v) is 3.95. The third kappa shape index (κ3) is 3.02. The van der Waals surface area contributed by atoms with Crippen LogP contribution in [0, 0.1) is 12.3 Å². The average molecular weight is 341 g/mol. The third-order valence-corrected chi connectivity index (χ3v) is 6.11. The van der Waals surface area contributed by atoms with Crippen LogP contribution in [0.25, 0.3) is 10.9 Å². The van der Waals surface area contributed by atoms with Crippen LogP contribution in [0.5, 0.6) is 0 Å². The lowest BCUT2D eigenvalue weighted by Gasteiger charge is -2.20. The summed E-state index contributed by atoms with van der Waals surface area (Å²) in [7, 11) is -1.59. The summed E-state index contributed by atoms with van der Waals surface area (Å²) >= 11 is 0. The molecule has 1 aromatic heterocycles. The van der Waals surface area contributed by atoms with Crippen LogP contribution in [0.2, 0.25) is 19.6 Å². The first-order valence-electron chi connectivity index (χ1n) is 8.11. The molecule has 0 saturated carbocycles. The maximum Gasteiger partial charge on any atom is 0.344 e. The highest BCUT2D eigenvalue weighted by atomic mass is 28.3. The molecular weight excluding hydrogens is 318 g/mol. The molecule has 0 aliphatic heterocycles. The lowest BCUT2D eigenvalue weighted by molar-refractivity contribution is 0.0524. The van der Waals surface area contributed by atoms with Crippen LogP contribution >= 0.6 is 0 Å². The van der Waals surface area contributed by atoms with E-state index in [-0.39, 0.29) is 23.3 Å². The molecule has 0 N–H and O–H groups in total. The SMILES string of the molecule is C#Cc1c(C(=O)OCC)c(=O)c2cc([Si](C)(C)C)ccc2n1CC. The number of aromatic nitrogens is 1. The first-order chi connectivity index (χ1) is 11.3. The number of pyridine rings is 1. The maximum absolute atomic E-state index is 13.0. The minimum atomic E-state index is -1.59. The van der Waals surface area contributed by atoms with Gasteiger partial charge in [0.05, 0.1) is 20.2 Å². The molecule has 126 valence electrons. The zero-order valence-electron chi connectivity index (χ0n) is 14.9. The van der Waals surface area contributed by atoms with Crippen LogP contribution in [-0.4, -0.2) is 25.2 Å². The zero-order chi connectivity index (χ0) is 18.1. The standard InChI is InChI=1S/C19H23NO3Si/c1-7-15-17(19(22)23-9-3)18(21)14-12-13(24(4,5)6)10-11-16(14)20(15)8-2/h1,10-12H,8-9H2,2-6H3. The van der Waals surface area contributed by atoms with Gasteiger partial charge < -0.3 is 9.30 Å². The molecule has 0 unspecified atom stereocenters. The fourth-order valence-electron chi connectivity index (χ4n) is 2.79. The highest BCUT2D eigenvalue weighted by Gasteiger charge is 2.24. The Bertz CT molecular complexity index is 898. The van der Waals surface area contributed by atoms with E-state index >= 15 is 0 Å². The van der Waals surface area contributed by atoms with Gasteiger partial charge in [-0.25, -0.2) is 4.79 Å². The van der Waals surface area contributed by atoms with E-state index in [0.29, 0.717) is 11.9 Å². The van der Waals surface area contributed by atoms with Crippen molar-refractivity contribution in [2.45, 2.75) is 40.0 Å². The first kappa shape index (κ1) is 18.0. The molecule has 0 atom stereocenters. The largest absolute Gasteiger partial charge is 0.462 e. The molecule has 0 bridgehead atoms. The molecule has 2 rings (SSSR count). The van der Waals surface area contributed by atoms with Gasteiger partial charge in [-0.2, -0.15) is 0 Å². The Morgan fingerprint density at radius 3 is 2.46 bits per heavy atom. The van der Waals surface area contributed by atoms with Gasteiger partial charge in [-0.3, -0.25) is 4.79 Å². The molecule has 0 aliphatic rings. The number of hydrogen-bond acceptors (Lipinski definition) is 3. The molecule has 0 radical (unpaired) electrons. The van der Waals surface area contributed by atoms with Gasteiger partial charge in [0.25, 0.3) is 0 Å². The number of benzene rings is 1. The second-order valence-electron chi connectivity index (χ2n) is 6.64. The van der Waals surface area contributed by atoms with Crippen molar-refractivity contribution in [3.05, 3.63) is 39.7 Å². The van der Waals surface area contributed by atoms with E-state index in [2.05, 4.69) is 31.6 Å². The van der Waals surface area contributed by atoms with Crippen molar-refractivity contribution in [3.63, 3.8) is 0 Å². The van der Waals surface area contributed by atoms with Crippen LogP contribution in [0.4, 0.5) is 0 Å². The topological polar surface area (TPSA) is 48.3 Å². The van der Waals surface area contributed by atoms with E-state index in [9.17, 15) is 9.59 Å². The number of esters is 1. The lowest BCUT2D eigenvalue weighted by Crippen LogP contribution is -2.38. The molecule has 5 heteroatoms. The molecular formula is C19H23NO3Si. The van der Waals surface area contributed by atoms with Crippen molar-refractivity contribution in [3.8, 4) is 12.3 Å². The zero-order valence-corrected chi connectivity index (χ0v) is 15.9. The van der Waals surface area contributed by atoms with Gasteiger partial charge in [0.15, 0.2) is 0 Å². The highest BCUT2D eigenvalue weighted by molar-refractivity contribution is 6.88. The van der Waals surface area contributed by atoms with Gasteiger partial charge in [0.1, 0.15) is 11.3 Å². The van der Waals surface area contributed by atoms with Crippen LogP contribution in [0.15, 0.2) is 23.0 Å². The van der Waals surface area contributed by atoms with Crippen molar-refractivity contribution in [1.29, 1.82) is 0 Å². The van der Waals surface area contributed by atoms with Crippen molar-refractivity contribution < 1.29 is 9.53 Å². The Kier molecular flexibility index (Phi) is 5.00. The highest BCUT2D eigenvalue weighted by Crippen LogP contribution is 2.18. The molecule has 0 aliphatic carbocycles. The number of carbonyl (C=O) groups excluding carboxylic acids is 1.